The zero-order valence-electron chi connectivity index (χ0n) is 21.6. The summed E-state index contributed by atoms with van der Waals surface area (Å²) in [7, 11) is 0. The van der Waals surface area contributed by atoms with E-state index in [1.807, 2.05) is 36.5 Å². The molecule has 5 nitrogen and oxygen atoms in total. The van der Waals surface area contributed by atoms with Gasteiger partial charge >= 0.3 is 0 Å². The Labute approximate surface area is 244 Å². The Morgan fingerprint density at radius 2 is 1.81 bits per heavy atom. The van der Waals surface area contributed by atoms with E-state index in [0.717, 1.165) is 68.7 Å². The molecule has 2 N–H and O–H groups in total. The Kier molecular flexibility index (Phi) is 7.76. The molecule has 0 aliphatic carbocycles. The second kappa shape index (κ2) is 11.0. The third-order valence-electron chi connectivity index (χ3n) is 7.79. The number of fused-ring (bicyclic) bond motifs is 2. The zero-order chi connectivity index (χ0) is 24.6. The topological polar surface area (TPSA) is 60.0 Å². The van der Waals surface area contributed by atoms with Gasteiger partial charge in [0.2, 0.25) is 0 Å². The van der Waals surface area contributed by atoms with Crippen LogP contribution in [0, 0.1) is 18.9 Å². The molecule has 6 heteroatoms. The van der Waals surface area contributed by atoms with Crippen LogP contribution < -0.4 is 5.73 Å². The number of likely N-dealkylation sites (tertiary alicyclic amines) is 1. The summed E-state index contributed by atoms with van der Waals surface area (Å²) in [6.45, 7) is 8.88. The van der Waals surface area contributed by atoms with Crippen molar-refractivity contribution in [3.63, 3.8) is 0 Å². The van der Waals surface area contributed by atoms with Crippen molar-refractivity contribution in [2.75, 3.05) is 25.4 Å². The molecule has 0 atom stereocenters. The van der Waals surface area contributed by atoms with Crippen LogP contribution >= 0.6 is 0 Å². The van der Waals surface area contributed by atoms with Gasteiger partial charge in [0.15, 0.2) is 0 Å². The van der Waals surface area contributed by atoms with Crippen LogP contribution in [0.4, 0.5) is 5.69 Å². The van der Waals surface area contributed by atoms with Crippen molar-refractivity contribution in [2.24, 2.45) is 5.92 Å². The van der Waals surface area contributed by atoms with E-state index in [-0.39, 0.29) is 32.7 Å². The van der Waals surface area contributed by atoms with E-state index in [4.69, 9.17) is 15.7 Å². The van der Waals surface area contributed by atoms with Crippen molar-refractivity contribution in [3.8, 4) is 22.4 Å². The molecule has 0 unspecified atom stereocenters. The summed E-state index contributed by atoms with van der Waals surface area (Å²) in [5.74, 6) is 0.655. The molecule has 1 fully saturated rings. The average molecular weight is 564 g/mol. The smallest absolute Gasteiger partial charge is 0.142 e. The summed E-state index contributed by atoms with van der Waals surface area (Å²) in [5, 5.41) is 2.06. The van der Waals surface area contributed by atoms with Gasteiger partial charge in [-0.3, -0.25) is 0 Å². The monoisotopic (exact) mass is 563 g/mol. The van der Waals surface area contributed by atoms with Crippen LogP contribution in [0.15, 0.2) is 67.0 Å². The van der Waals surface area contributed by atoms with Crippen molar-refractivity contribution in [2.45, 2.75) is 33.2 Å². The predicted octanol–water partition coefficient (Wildman–Crippen LogP) is 6.34. The summed E-state index contributed by atoms with van der Waals surface area (Å²) in [6.07, 6.45) is 6.54. The number of piperidine rings is 1. The van der Waals surface area contributed by atoms with E-state index in [9.17, 15) is 0 Å². The van der Waals surface area contributed by atoms with Crippen LogP contribution in [0.3, 0.4) is 0 Å². The molecule has 1 radical (unpaired) electrons. The minimum atomic E-state index is 0. The maximum Gasteiger partial charge on any atom is 0.142 e. The molecule has 185 valence electrons. The van der Waals surface area contributed by atoms with Gasteiger partial charge in [0.1, 0.15) is 5.65 Å². The molecule has 0 saturated carbocycles. The van der Waals surface area contributed by atoms with Crippen molar-refractivity contribution >= 4 is 27.6 Å². The van der Waals surface area contributed by atoms with Gasteiger partial charge in [0.25, 0.3) is 0 Å². The van der Waals surface area contributed by atoms with E-state index < -0.39 is 0 Å². The molecule has 37 heavy (non-hydrogen) atoms. The number of aromatic nitrogens is 3. The van der Waals surface area contributed by atoms with Gasteiger partial charge in [-0.05, 0) is 73.7 Å². The molecule has 0 bridgehead atoms. The fourth-order valence-corrected chi connectivity index (χ4v) is 5.66. The van der Waals surface area contributed by atoms with Crippen molar-refractivity contribution < 1.29 is 32.7 Å². The molecule has 0 amide bonds. The molecule has 3 aromatic heterocycles. The number of anilines is 1. The quantitative estimate of drug-likeness (QED) is 0.254. The van der Waals surface area contributed by atoms with E-state index >= 15 is 0 Å². The first-order chi connectivity index (χ1) is 17.6. The third-order valence-corrected chi connectivity index (χ3v) is 7.79. The molecular formula is C31H32N5Y-. The summed E-state index contributed by atoms with van der Waals surface area (Å²) in [5.41, 5.74) is 14.7. The van der Waals surface area contributed by atoms with Crippen molar-refractivity contribution in [1.82, 2.24) is 19.4 Å². The number of benzene rings is 2. The number of hydrogen-bond donors (Lipinski definition) is 1. The molecule has 1 aliphatic rings. The minimum Gasteiger partial charge on any atom is -0.398 e. The van der Waals surface area contributed by atoms with Crippen molar-refractivity contribution in [1.29, 1.82) is 0 Å². The largest absolute Gasteiger partial charge is 0.398 e. The SMILES string of the molecule is CCN1CCC(Cn2cc(-c3ccc4[c-]cc(-c5ccccc5)nc4c3C)c3c(N)ccnc32)CC1.[Y]. The number of hydrogen-bond acceptors (Lipinski definition) is 4. The van der Waals surface area contributed by atoms with Gasteiger partial charge in [-0.1, -0.05) is 48.9 Å². The summed E-state index contributed by atoms with van der Waals surface area (Å²) < 4.78 is 2.33. The summed E-state index contributed by atoms with van der Waals surface area (Å²) in [4.78, 5) is 12.4. The molecule has 5 aromatic rings. The van der Waals surface area contributed by atoms with Gasteiger partial charge in [-0.25, -0.2) is 4.98 Å². The van der Waals surface area contributed by atoms with E-state index in [1.165, 1.54) is 25.9 Å². The third kappa shape index (κ3) is 4.97. The zero-order valence-corrected chi connectivity index (χ0v) is 24.5. The van der Waals surface area contributed by atoms with E-state index in [2.05, 4.69) is 59.8 Å². The van der Waals surface area contributed by atoms with Gasteiger partial charge in [-0.2, -0.15) is 0 Å². The number of nitrogen functional groups attached to an aromatic ring is 1. The molecule has 6 rings (SSSR count). The minimum absolute atomic E-state index is 0. The van der Waals surface area contributed by atoms with Crippen molar-refractivity contribution in [3.05, 3.63) is 78.6 Å². The normalized spacial score (nSPS) is 14.8. The summed E-state index contributed by atoms with van der Waals surface area (Å²) >= 11 is 0. The van der Waals surface area contributed by atoms with Crippen LogP contribution in [0.2, 0.25) is 0 Å². The van der Waals surface area contributed by atoms with Gasteiger partial charge in [0, 0.05) is 68.3 Å². The molecule has 1 saturated heterocycles. The second-order valence-corrected chi connectivity index (χ2v) is 9.96. The number of pyridine rings is 2. The van der Waals surface area contributed by atoms with E-state index in [1.54, 1.807) is 0 Å². The molecule has 0 spiro atoms. The van der Waals surface area contributed by atoms with Gasteiger partial charge in [0.05, 0.1) is 0 Å². The van der Waals surface area contributed by atoms with Crippen LogP contribution in [-0.2, 0) is 39.3 Å². The maximum absolute atomic E-state index is 6.56. The van der Waals surface area contributed by atoms with Crippen LogP contribution in [0.1, 0.15) is 25.3 Å². The number of nitrogens with zero attached hydrogens (tertiary/aromatic N) is 4. The Morgan fingerprint density at radius 1 is 1.03 bits per heavy atom. The summed E-state index contributed by atoms with van der Waals surface area (Å²) in [6, 6.07) is 21.9. The first-order valence-corrected chi connectivity index (χ1v) is 13.0. The molecule has 1 aliphatic heterocycles. The van der Waals surface area contributed by atoms with Crippen LogP contribution in [0.5, 0.6) is 0 Å². The Balaban J connectivity index is 0.00000280. The van der Waals surface area contributed by atoms with E-state index in [0.29, 0.717) is 5.92 Å². The predicted molar refractivity (Wildman–Crippen MR) is 149 cm³/mol. The number of rotatable bonds is 5. The second-order valence-electron chi connectivity index (χ2n) is 9.96. The molecule has 2 aromatic carbocycles. The fourth-order valence-electron chi connectivity index (χ4n) is 5.66. The molecular weight excluding hydrogens is 531 g/mol. The number of aryl methyl sites for hydroxylation is 1. The van der Waals surface area contributed by atoms with Crippen LogP contribution in [-0.4, -0.2) is 39.1 Å². The Morgan fingerprint density at radius 3 is 2.57 bits per heavy atom. The van der Waals surface area contributed by atoms with Crippen LogP contribution in [0.25, 0.3) is 44.3 Å². The Bertz CT molecular complexity index is 1530. The maximum atomic E-state index is 6.56. The number of nitrogens with two attached hydrogens (primary N) is 1. The van der Waals surface area contributed by atoms with Gasteiger partial charge < -0.3 is 20.2 Å². The fraction of sp³-hybridized carbons (Fsp3) is 0.290. The van der Waals surface area contributed by atoms with Gasteiger partial charge in [-0.15, -0.1) is 23.6 Å². The first kappa shape index (κ1) is 26.0. The average Bonchev–Trinajstić information content (AvgIpc) is 3.29. The standard InChI is InChI=1S/C31H32N5.Y/c1-3-35-17-14-22(15-18-35)19-36-20-26(29-27(32)13-16-33-31(29)36)25-11-9-24-10-12-28(34-30(24)21(25)2)23-7-5-4-6-8-23;/h4-9,11-13,16,20,22H,3,14-15,17-19H2,1-2H3,(H2,32,33);/q-1;. The molecule has 4 heterocycles. The first-order valence-electron chi connectivity index (χ1n) is 13.0. The Hall–Kier alpha value is -2.60.